The van der Waals surface area contributed by atoms with E-state index in [9.17, 15) is 22.4 Å². The molecule has 0 aliphatic carbocycles. The predicted octanol–water partition coefficient (Wildman–Crippen LogP) is 1.54. The first kappa shape index (κ1) is 22.0. The first-order chi connectivity index (χ1) is 14.1. The van der Waals surface area contributed by atoms with Crippen LogP contribution in [0.1, 0.15) is 41.9 Å². The zero-order valence-electron chi connectivity index (χ0n) is 16.8. The number of piperidine rings is 1. The minimum absolute atomic E-state index is 0.00614. The van der Waals surface area contributed by atoms with Crippen LogP contribution in [0.15, 0.2) is 41.4 Å². The molecule has 8 nitrogen and oxygen atoms in total. The van der Waals surface area contributed by atoms with Crippen LogP contribution in [0.4, 0.5) is 4.39 Å². The second-order valence-electron chi connectivity index (χ2n) is 7.50. The SMILES string of the molecule is CC(NC(=O)C1CCN(S(=O)(=O)c2cc(C(N)=O)n(C)c2)CC1)c1ccc(F)cc1. The van der Waals surface area contributed by atoms with Crippen LogP contribution in [0.5, 0.6) is 0 Å². The lowest BCUT2D eigenvalue weighted by Gasteiger charge is -2.31. The number of nitrogens with zero attached hydrogens (tertiary/aromatic N) is 2. The van der Waals surface area contributed by atoms with Crippen LogP contribution in [-0.4, -0.2) is 42.2 Å². The summed E-state index contributed by atoms with van der Waals surface area (Å²) in [4.78, 5) is 24.0. The Morgan fingerprint density at radius 1 is 1.20 bits per heavy atom. The van der Waals surface area contributed by atoms with E-state index in [1.807, 2.05) is 6.92 Å². The normalized spacial score (nSPS) is 16.9. The Hall–Kier alpha value is -2.72. The van der Waals surface area contributed by atoms with E-state index in [4.69, 9.17) is 5.73 Å². The van der Waals surface area contributed by atoms with Crippen LogP contribution in [0.25, 0.3) is 0 Å². The molecule has 1 aliphatic heterocycles. The Morgan fingerprint density at radius 2 is 1.80 bits per heavy atom. The number of nitrogens with two attached hydrogens (primary N) is 1. The van der Waals surface area contributed by atoms with Crippen LogP contribution in [0.3, 0.4) is 0 Å². The molecule has 1 fully saturated rings. The average molecular weight is 437 g/mol. The molecular weight excluding hydrogens is 411 g/mol. The zero-order valence-corrected chi connectivity index (χ0v) is 17.7. The summed E-state index contributed by atoms with van der Waals surface area (Å²) in [5.41, 5.74) is 6.16. The van der Waals surface area contributed by atoms with Crippen molar-refractivity contribution in [1.29, 1.82) is 0 Å². The smallest absolute Gasteiger partial charge is 0.265 e. The number of primary amides is 1. The van der Waals surface area contributed by atoms with Gasteiger partial charge in [-0.25, -0.2) is 12.8 Å². The number of aromatic nitrogens is 1. The molecule has 1 saturated heterocycles. The molecule has 10 heteroatoms. The maximum atomic E-state index is 13.1. The third-order valence-corrected chi connectivity index (χ3v) is 7.29. The van der Waals surface area contributed by atoms with Crippen molar-refractivity contribution in [2.45, 2.75) is 30.7 Å². The van der Waals surface area contributed by atoms with E-state index in [-0.39, 0.29) is 47.4 Å². The third kappa shape index (κ3) is 4.54. The number of hydrogen-bond donors (Lipinski definition) is 2. The molecule has 0 saturated carbocycles. The number of aryl methyl sites for hydroxylation is 1. The van der Waals surface area contributed by atoms with Crippen LogP contribution in [0, 0.1) is 11.7 Å². The van der Waals surface area contributed by atoms with E-state index in [1.165, 1.54) is 33.3 Å². The predicted molar refractivity (Wildman–Crippen MR) is 108 cm³/mol. The van der Waals surface area contributed by atoms with Gasteiger partial charge in [-0.05, 0) is 43.5 Å². The number of amides is 2. The van der Waals surface area contributed by atoms with Gasteiger partial charge >= 0.3 is 0 Å². The molecule has 0 radical (unpaired) electrons. The molecule has 2 amide bonds. The number of nitrogens with one attached hydrogen (secondary N) is 1. The first-order valence-electron chi connectivity index (χ1n) is 9.61. The van der Waals surface area contributed by atoms with Crippen LogP contribution < -0.4 is 11.1 Å². The molecule has 3 N–H and O–H groups in total. The number of benzene rings is 1. The van der Waals surface area contributed by atoms with E-state index in [0.717, 1.165) is 5.56 Å². The Morgan fingerprint density at radius 3 is 2.33 bits per heavy atom. The quantitative estimate of drug-likeness (QED) is 0.715. The molecule has 162 valence electrons. The van der Waals surface area contributed by atoms with Gasteiger partial charge in [0.05, 0.1) is 6.04 Å². The van der Waals surface area contributed by atoms with Gasteiger partial charge in [0.25, 0.3) is 5.91 Å². The first-order valence-corrected chi connectivity index (χ1v) is 11.1. The Kier molecular flexibility index (Phi) is 6.27. The van der Waals surface area contributed by atoms with E-state index in [2.05, 4.69) is 5.32 Å². The van der Waals surface area contributed by atoms with E-state index in [1.54, 1.807) is 19.2 Å². The second kappa shape index (κ2) is 8.57. The van der Waals surface area contributed by atoms with Gasteiger partial charge in [0.1, 0.15) is 16.4 Å². The van der Waals surface area contributed by atoms with Crippen molar-refractivity contribution in [3.63, 3.8) is 0 Å². The van der Waals surface area contributed by atoms with Crippen molar-refractivity contribution in [2.24, 2.45) is 18.7 Å². The highest BCUT2D eigenvalue weighted by molar-refractivity contribution is 7.89. The van der Waals surface area contributed by atoms with Gasteiger partial charge in [-0.2, -0.15) is 4.31 Å². The fourth-order valence-electron chi connectivity index (χ4n) is 3.59. The third-order valence-electron chi connectivity index (χ3n) is 5.42. The Labute approximate surface area is 174 Å². The zero-order chi connectivity index (χ0) is 22.1. The standard InChI is InChI=1S/C20H25FN4O4S/c1-13(14-3-5-16(21)6-4-14)23-20(27)15-7-9-25(10-8-15)30(28,29)17-11-18(19(22)26)24(2)12-17/h3-6,11-13,15H,7-10H2,1-2H3,(H2,22,26)(H,23,27). The molecule has 1 atom stereocenters. The lowest BCUT2D eigenvalue weighted by Crippen LogP contribution is -2.43. The molecule has 3 rings (SSSR count). The molecule has 1 aromatic heterocycles. The minimum Gasteiger partial charge on any atom is -0.364 e. The summed E-state index contributed by atoms with van der Waals surface area (Å²) in [6.07, 6.45) is 2.13. The molecule has 1 unspecified atom stereocenters. The van der Waals surface area contributed by atoms with E-state index in [0.29, 0.717) is 12.8 Å². The van der Waals surface area contributed by atoms with Crippen molar-refractivity contribution >= 4 is 21.8 Å². The van der Waals surface area contributed by atoms with Crippen molar-refractivity contribution in [3.05, 3.63) is 53.6 Å². The summed E-state index contributed by atoms with van der Waals surface area (Å²) in [6, 6.07) is 6.91. The topological polar surface area (TPSA) is 114 Å². The van der Waals surface area contributed by atoms with Crippen molar-refractivity contribution < 1.29 is 22.4 Å². The van der Waals surface area contributed by atoms with Crippen LogP contribution >= 0.6 is 0 Å². The van der Waals surface area contributed by atoms with Crippen LogP contribution in [-0.2, 0) is 21.9 Å². The molecular formula is C20H25FN4O4S. The maximum absolute atomic E-state index is 13.1. The molecule has 1 aromatic carbocycles. The Bertz CT molecular complexity index is 1040. The monoisotopic (exact) mass is 436 g/mol. The number of carbonyl (C=O) groups is 2. The number of rotatable bonds is 6. The Balaban J connectivity index is 1.61. The number of carbonyl (C=O) groups excluding carboxylic acids is 2. The van der Waals surface area contributed by atoms with Crippen molar-refractivity contribution in [2.75, 3.05) is 13.1 Å². The van der Waals surface area contributed by atoms with Gasteiger partial charge < -0.3 is 15.6 Å². The number of hydrogen-bond acceptors (Lipinski definition) is 4. The minimum atomic E-state index is -3.78. The fourth-order valence-corrected chi connectivity index (χ4v) is 5.14. The average Bonchev–Trinajstić information content (AvgIpc) is 3.11. The highest BCUT2D eigenvalue weighted by atomic mass is 32.2. The number of sulfonamides is 1. The summed E-state index contributed by atoms with van der Waals surface area (Å²) in [5.74, 6) is -1.51. The summed E-state index contributed by atoms with van der Waals surface area (Å²) in [6.45, 7) is 2.22. The summed E-state index contributed by atoms with van der Waals surface area (Å²) >= 11 is 0. The molecule has 2 aromatic rings. The van der Waals surface area contributed by atoms with Crippen LogP contribution in [0.2, 0.25) is 0 Å². The molecule has 2 heterocycles. The highest BCUT2D eigenvalue weighted by Gasteiger charge is 2.33. The van der Waals surface area contributed by atoms with Gasteiger partial charge in [-0.3, -0.25) is 9.59 Å². The summed E-state index contributed by atoms with van der Waals surface area (Å²) < 4.78 is 41.5. The van der Waals surface area contributed by atoms with Gasteiger partial charge in [0.15, 0.2) is 0 Å². The highest BCUT2D eigenvalue weighted by Crippen LogP contribution is 2.26. The van der Waals surface area contributed by atoms with E-state index >= 15 is 0 Å². The van der Waals surface area contributed by atoms with Crippen molar-refractivity contribution in [3.8, 4) is 0 Å². The summed E-state index contributed by atoms with van der Waals surface area (Å²) in [5, 5.41) is 2.91. The molecule has 1 aliphatic rings. The molecule has 0 bridgehead atoms. The maximum Gasteiger partial charge on any atom is 0.265 e. The van der Waals surface area contributed by atoms with E-state index < -0.39 is 15.9 Å². The van der Waals surface area contributed by atoms with Gasteiger partial charge in [-0.15, -0.1) is 0 Å². The van der Waals surface area contributed by atoms with Crippen molar-refractivity contribution in [1.82, 2.24) is 14.2 Å². The lowest BCUT2D eigenvalue weighted by atomic mass is 9.96. The molecule has 30 heavy (non-hydrogen) atoms. The summed E-state index contributed by atoms with van der Waals surface area (Å²) in [7, 11) is -2.23. The number of halogens is 1. The lowest BCUT2D eigenvalue weighted by molar-refractivity contribution is -0.126. The van der Waals surface area contributed by atoms with Gasteiger partial charge in [0, 0.05) is 32.3 Å². The molecule has 0 spiro atoms. The fraction of sp³-hybridized carbons (Fsp3) is 0.400. The van der Waals surface area contributed by atoms with Gasteiger partial charge in [-0.1, -0.05) is 12.1 Å². The second-order valence-corrected chi connectivity index (χ2v) is 9.43. The largest absolute Gasteiger partial charge is 0.364 e. The van der Waals surface area contributed by atoms with Gasteiger partial charge in [0.2, 0.25) is 15.9 Å².